The number of nitrogens with zero attached hydrogens (tertiary/aromatic N) is 1. The van der Waals surface area contributed by atoms with Crippen LogP contribution in [-0.2, 0) is 21.2 Å². The van der Waals surface area contributed by atoms with Crippen LogP contribution in [0.5, 0.6) is 0 Å². The second-order valence-electron chi connectivity index (χ2n) is 5.65. The molecule has 2 aromatic rings. The van der Waals surface area contributed by atoms with Gasteiger partial charge in [0.25, 0.3) is 0 Å². The number of aryl methyl sites for hydroxylation is 1. The van der Waals surface area contributed by atoms with E-state index >= 15 is 0 Å². The molecule has 0 aromatic carbocycles. The molecule has 0 spiro atoms. The Labute approximate surface area is 151 Å². The van der Waals surface area contributed by atoms with Crippen molar-refractivity contribution >= 4 is 32.7 Å². The van der Waals surface area contributed by atoms with Crippen LogP contribution in [0.1, 0.15) is 23.4 Å². The third-order valence-corrected chi connectivity index (χ3v) is 7.98. The first-order valence-electron chi connectivity index (χ1n) is 8.02. The van der Waals surface area contributed by atoms with Crippen LogP contribution in [0.4, 0.5) is 0 Å². The zero-order valence-electron chi connectivity index (χ0n) is 13.6. The van der Waals surface area contributed by atoms with Crippen molar-refractivity contribution in [2.75, 3.05) is 32.8 Å². The monoisotopic (exact) mass is 386 g/mol. The highest BCUT2D eigenvalue weighted by atomic mass is 32.2. The minimum atomic E-state index is -3.46. The van der Waals surface area contributed by atoms with Crippen molar-refractivity contribution in [3.05, 3.63) is 39.4 Å². The van der Waals surface area contributed by atoms with Crippen molar-refractivity contribution in [3.8, 4) is 0 Å². The Bertz CT molecular complexity index is 734. The minimum Gasteiger partial charge on any atom is -0.379 e. The number of morpholine rings is 1. The topological polar surface area (TPSA) is 58.6 Å². The Kier molecular flexibility index (Phi) is 6.07. The normalized spacial score (nSPS) is 17.9. The van der Waals surface area contributed by atoms with E-state index in [9.17, 15) is 8.42 Å². The highest BCUT2D eigenvalue weighted by Crippen LogP contribution is 2.25. The summed E-state index contributed by atoms with van der Waals surface area (Å²) in [6.45, 7) is 5.43. The van der Waals surface area contributed by atoms with E-state index in [1.807, 2.05) is 18.4 Å². The lowest BCUT2D eigenvalue weighted by molar-refractivity contribution is 0.0173. The largest absolute Gasteiger partial charge is 0.379 e. The second-order valence-corrected chi connectivity index (χ2v) is 9.59. The summed E-state index contributed by atoms with van der Waals surface area (Å²) in [6.07, 6.45) is 0.853. The van der Waals surface area contributed by atoms with E-state index in [-0.39, 0.29) is 6.04 Å². The number of nitrogens with one attached hydrogen (secondary N) is 1. The van der Waals surface area contributed by atoms with Crippen LogP contribution in [0.3, 0.4) is 0 Å². The van der Waals surface area contributed by atoms with Crippen LogP contribution in [0.2, 0.25) is 0 Å². The summed E-state index contributed by atoms with van der Waals surface area (Å²) in [5.41, 5.74) is 1.16. The maximum Gasteiger partial charge on any atom is 0.250 e. The number of hydrogen-bond acceptors (Lipinski definition) is 6. The lowest BCUT2D eigenvalue weighted by atomic mass is 10.1. The van der Waals surface area contributed by atoms with Crippen molar-refractivity contribution in [2.24, 2.45) is 0 Å². The molecular formula is C16H22N2O3S3. The van der Waals surface area contributed by atoms with Crippen molar-refractivity contribution < 1.29 is 13.2 Å². The van der Waals surface area contributed by atoms with Crippen LogP contribution in [0.25, 0.3) is 0 Å². The molecule has 1 unspecified atom stereocenters. The van der Waals surface area contributed by atoms with E-state index < -0.39 is 10.0 Å². The fourth-order valence-corrected chi connectivity index (χ4v) is 5.85. The molecule has 1 fully saturated rings. The van der Waals surface area contributed by atoms with Crippen LogP contribution >= 0.6 is 22.7 Å². The first-order chi connectivity index (χ1) is 11.6. The van der Waals surface area contributed by atoms with E-state index in [1.54, 1.807) is 17.4 Å². The van der Waals surface area contributed by atoms with Gasteiger partial charge < -0.3 is 4.74 Å². The van der Waals surface area contributed by atoms with E-state index in [2.05, 4.69) is 21.1 Å². The molecule has 1 N–H and O–H groups in total. The van der Waals surface area contributed by atoms with Crippen LogP contribution in [0.15, 0.2) is 33.2 Å². The average molecular weight is 387 g/mol. The number of sulfonamides is 1. The van der Waals surface area contributed by atoms with Gasteiger partial charge in [0.15, 0.2) is 0 Å². The molecule has 1 atom stereocenters. The smallest absolute Gasteiger partial charge is 0.250 e. The van der Waals surface area contributed by atoms with Crippen molar-refractivity contribution in [1.29, 1.82) is 0 Å². The molecule has 3 rings (SSSR count). The number of ether oxygens (including phenoxy) is 1. The maximum atomic E-state index is 12.6. The number of thiophene rings is 2. The SMILES string of the molecule is CCc1ccc(S(=O)(=O)NCC(c2ccsc2)N2CCOCC2)s1. The zero-order chi connectivity index (χ0) is 17.0. The molecule has 0 saturated carbocycles. The molecule has 132 valence electrons. The van der Waals surface area contributed by atoms with Crippen molar-refractivity contribution in [2.45, 2.75) is 23.6 Å². The summed E-state index contributed by atoms with van der Waals surface area (Å²) in [7, 11) is -3.46. The zero-order valence-corrected chi connectivity index (χ0v) is 16.1. The summed E-state index contributed by atoms with van der Waals surface area (Å²) < 4.78 is 33.8. The molecule has 1 aliphatic heterocycles. The quantitative estimate of drug-likeness (QED) is 0.795. The fourth-order valence-electron chi connectivity index (χ4n) is 2.76. The van der Waals surface area contributed by atoms with Crippen LogP contribution in [-0.4, -0.2) is 46.2 Å². The van der Waals surface area contributed by atoms with Gasteiger partial charge in [0.05, 0.1) is 13.2 Å². The molecule has 3 heterocycles. The molecule has 0 aliphatic carbocycles. The highest BCUT2D eigenvalue weighted by Gasteiger charge is 2.25. The first-order valence-corrected chi connectivity index (χ1v) is 11.3. The van der Waals surface area contributed by atoms with E-state index in [0.717, 1.165) is 30.0 Å². The molecule has 24 heavy (non-hydrogen) atoms. The molecule has 0 radical (unpaired) electrons. The van der Waals surface area contributed by atoms with Gasteiger partial charge in [-0.1, -0.05) is 6.92 Å². The van der Waals surface area contributed by atoms with Gasteiger partial charge in [0, 0.05) is 30.6 Å². The Morgan fingerprint density at radius 3 is 2.71 bits per heavy atom. The maximum absolute atomic E-state index is 12.6. The third kappa shape index (κ3) is 4.25. The number of hydrogen-bond donors (Lipinski definition) is 1. The van der Waals surface area contributed by atoms with Gasteiger partial charge in [-0.25, -0.2) is 13.1 Å². The van der Waals surface area contributed by atoms with Gasteiger partial charge in [-0.3, -0.25) is 4.90 Å². The molecule has 2 aromatic heterocycles. The predicted octanol–water partition coefficient (Wildman–Crippen LogP) is 2.72. The minimum absolute atomic E-state index is 0.0422. The molecule has 1 aliphatic rings. The first kappa shape index (κ1) is 18.0. The summed E-state index contributed by atoms with van der Waals surface area (Å²) in [4.78, 5) is 3.37. The Morgan fingerprint density at radius 2 is 2.08 bits per heavy atom. The van der Waals surface area contributed by atoms with Crippen LogP contribution < -0.4 is 4.72 Å². The van der Waals surface area contributed by atoms with Gasteiger partial charge in [0.1, 0.15) is 4.21 Å². The van der Waals surface area contributed by atoms with E-state index in [0.29, 0.717) is 24.0 Å². The lowest BCUT2D eigenvalue weighted by Crippen LogP contribution is -2.43. The molecule has 1 saturated heterocycles. The number of rotatable bonds is 7. The van der Waals surface area contributed by atoms with Gasteiger partial charge >= 0.3 is 0 Å². The second kappa shape index (κ2) is 8.07. The summed E-state index contributed by atoms with van der Waals surface area (Å²) in [6, 6.07) is 5.69. The highest BCUT2D eigenvalue weighted by molar-refractivity contribution is 7.91. The lowest BCUT2D eigenvalue weighted by Gasteiger charge is -2.34. The third-order valence-electron chi connectivity index (χ3n) is 4.13. The van der Waals surface area contributed by atoms with Gasteiger partial charge in [0.2, 0.25) is 10.0 Å². The van der Waals surface area contributed by atoms with Gasteiger partial charge in [-0.05, 0) is 40.9 Å². The standard InChI is InChI=1S/C16H22N2O3S3/c1-2-14-3-4-16(23-14)24(19,20)17-11-15(13-5-10-22-12-13)18-6-8-21-9-7-18/h3-5,10,12,15,17H,2,6-9,11H2,1H3. The predicted molar refractivity (Wildman–Crippen MR) is 98.3 cm³/mol. The molecule has 8 heteroatoms. The summed E-state index contributed by atoms with van der Waals surface area (Å²) in [5, 5.41) is 4.12. The Balaban J connectivity index is 1.73. The van der Waals surface area contributed by atoms with Crippen molar-refractivity contribution in [1.82, 2.24) is 9.62 Å². The van der Waals surface area contributed by atoms with E-state index in [1.165, 1.54) is 11.3 Å². The average Bonchev–Trinajstić information content (AvgIpc) is 3.28. The molecular weight excluding hydrogens is 364 g/mol. The molecule has 0 bridgehead atoms. The Morgan fingerprint density at radius 1 is 1.29 bits per heavy atom. The van der Waals surface area contributed by atoms with Crippen molar-refractivity contribution in [3.63, 3.8) is 0 Å². The molecule has 5 nitrogen and oxygen atoms in total. The van der Waals surface area contributed by atoms with Gasteiger partial charge in [-0.2, -0.15) is 11.3 Å². The Hall–Kier alpha value is -0.770. The summed E-state index contributed by atoms with van der Waals surface area (Å²) in [5.74, 6) is 0. The van der Waals surface area contributed by atoms with Crippen LogP contribution in [0, 0.1) is 0 Å². The van der Waals surface area contributed by atoms with E-state index in [4.69, 9.17) is 4.74 Å². The molecule has 0 amide bonds. The van der Waals surface area contributed by atoms with Gasteiger partial charge in [-0.15, -0.1) is 11.3 Å². The summed E-state index contributed by atoms with van der Waals surface area (Å²) >= 11 is 2.98. The fraction of sp³-hybridized carbons (Fsp3) is 0.500.